The number of pyridine rings is 1. The van der Waals surface area contributed by atoms with Crippen LogP contribution in [0.15, 0.2) is 65.3 Å². The Morgan fingerprint density at radius 2 is 1.68 bits per heavy atom. The lowest BCUT2D eigenvalue weighted by Crippen LogP contribution is -1.82. The SMILES string of the molecule is Brc1ccccc1C#Cc1cnc2ccccc2c1. The van der Waals surface area contributed by atoms with Crippen LogP contribution >= 0.6 is 15.9 Å². The van der Waals surface area contributed by atoms with E-state index in [1.54, 1.807) is 0 Å². The molecule has 2 aromatic carbocycles. The molecule has 0 aliphatic heterocycles. The monoisotopic (exact) mass is 307 g/mol. The molecule has 0 atom stereocenters. The molecule has 2 heteroatoms. The molecular weight excluding hydrogens is 298 g/mol. The molecule has 0 unspecified atom stereocenters. The number of rotatable bonds is 0. The van der Waals surface area contributed by atoms with Crippen LogP contribution in [0, 0.1) is 11.8 Å². The van der Waals surface area contributed by atoms with Crippen molar-refractivity contribution in [2.24, 2.45) is 0 Å². The van der Waals surface area contributed by atoms with E-state index in [2.05, 4.69) is 38.8 Å². The number of benzene rings is 2. The lowest BCUT2D eigenvalue weighted by atomic mass is 10.1. The summed E-state index contributed by atoms with van der Waals surface area (Å²) in [7, 11) is 0. The van der Waals surface area contributed by atoms with Crippen LogP contribution in [0.25, 0.3) is 10.9 Å². The number of hydrogen-bond acceptors (Lipinski definition) is 1. The molecule has 0 saturated heterocycles. The van der Waals surface area contributed by atoms with Crippen LogP contribution in [0.3, 0.4) is 0 Å². The largest absolute Gasteiger partial charge is 0.255 e. The zero-order valence-electron chi connectivity index (χ0n) is 10.1. The summed E-state index contributed by atoms with van der Waals surface area (Å²) >= 11 is 3.49. The Kier molecular flexibility index (Phi) is 3.31. The lowest BCUT2D eigenvalue weighted by molar-refractivity contribution is 1.39. The van der Waals surface area contributed by atoms with Gasteiger partial charge in [0.15, 0.2) is 0 Å². The Bertz CT molecular complexity index is 797. The van der Waals surface area contributed by atoms with Gasteiger partial charge in [0.25, 0.3) is 0 Å². The molecule has 0 amide bonds. The molecule has 3 rings (SSSR count). The summed E-state index contributed by atoms with van der Waals surface area (Å²) in [6.07, 6.45) is 1.81. The van der Waals surface area contributed by atoms with Gasteiger partial charge in [0.05, 0.1) is 5.52 Å². The van der Waals surface area contributed by atoms with Crippen LogP contribution < -0.4 is 0 Å². The van der Waals surface area contributed by atoms with E-state index < -0.39 is 0 Å². The number of fused-ring (bicyclic) bond motifs is 1. The van der Waals surface area contributed by atoms with Crippen molar-refractivity contribution in [3.05, 3.63) is 76.4 Å². The van der Waals surface area contributed by atoms with Crippen LogP contribution in [-0.4, -0.2) is 4.98 Å². The first-order valence-corrected chi connectivity index (χ1v) is 6.73. The van der Waals surface area contributed by atoms with E-state index in [1.807, 2.05) is 54.7 Å². The van der Waals surface area contributed by atoms with Gasteiger partial charge in [-0.15, -0.1) is 0 Å². The Morgan fingerprint density at radius 1 is 0.895 bits per heavy atom. The van der Waals surface area contributed by atoms with Gasteiger partial charge >= 0.3 is 0 Å². The minimum Gasteiger partial charge on any atom is -0.255 e. The predicted molar refractivity (Wildman–Crippen MR) is 81.9 cm³/mol. The fourth-order valence-electron chi connectivity index (χ4n) is 1.84. The van der Waals surface area contributed by atoms with Crippen molar-refractivity contribution in [3.63, 3.8) is 0 Å². The zero-order valence-corrected chi connectivity index (χ0v) is 11.7. The van der Waals surface area contributed by atoms with Gasteiger partial charge in [-0.2, -0.15) is 0 Å². The molecule has 0 N–H and O–H groups in total. The second-order valence-electron chi connectivity index (χ2n) is 4.15. The Balaban J connectivity index is 2.01. The van der Waals surface area contributed by atoms with Gasteiger partial charge in [-0.25, -0.2) is 0 Å². The van der Waals surface area contributed by atoms with Crippen LogP contribution in [0.1, 0.15) is 11.1 Å². The number of nitrogens with zero attached hydrogens (tertiary/aromatic N) is 1. The van der Waals surface area contributed by atoms with Crippen LogP contribution in [0.4, 0.5) is 0 Å². The van der Waals surface area contributed by atoms with E-state index in [0.29, 0.717) is 0 Å². The summed E-state index contributed by atoms with van der Waals surface area (Å²) < 4.78 is 1.01. The van der Waals surface area contributed by atoms with Crippen molar-refractivity contribution in [1.82, 2.24) is 4.98 Å². The van der Waals surface area contributed by atoms with Gasteiger partial charge in [-0.05, 0) is 40.2 Å². The minimum absolute atomic E-state index is 0.925. The molecule has 0 spiro atoms. The standard InChI is InChI=1S/C17H10BrN/c18-16-7-3-1-5-14(16)10-9-13-11-15-6-2-4-8-17(15)19-12-13/h1-8,11-12H. The number of aromatic nitrogens is 1. The van der Waals surface area contributed by atoms with Gasteiger partial charge in [0, 0.05) is 27.2 Å². The highest BCUT2D eigenvalue weighted by Crippen LogP contribution is 2.15. The lowest BCUT2D eigenvalue weighted by Gasteiger charge is -1.97. The van der Waals surface area contributed by atoms with Gasteiger partial charge in [-0.3, -0.25) is 4.98 Å². The zero-order chi connectivity index (χ0) is 13.1. The Morgan fingerprint density at radius 3 is 2.58 bits per heavy atom. The second kappa shape index (κ2) is 5.26. The highest BCUT2D eigenvalue weighted by Gasteiger charge is 1.95. The maximum atomic E-state index is 4.40. The molecule has 1 aromatic heterocycles. The Labute approximate surface area is 120 Å². The van der Waals surface area contributed by atoms with Crippen LogP contribution in [-0.2, 0) is 0 Å². The fourth-order valence-corrected chi connectivity index (χ4v) is 2.23. The molecule has 0 radical (unpaired) electrons. The fraction of sp³-hybridized carbons (Fsp3) is 0. The van der Waals surface area contributed by atoms with Gasteiger partial charge < -0.3 is 0 Å². The molecule has 0 bridgehead atoms. The molecule has 3 aromatic rings. The average molecular weight is 308 g/mol. The summed E-state index contributed by atoms with van der Waals surface area (Å²) in [5.41, 5.74) is 2.90. The molecular formula is C17H10BrN. The molecule has 0 aliphatic carbocycles. The highest BCUT2D eigenvalue weighted by molar-refractivity contribution is 9.10. The first-order valence-electron chi connectivity index (χ1n) is 5.94. The third kappa shape index (κ3) is 2.67. The van der Waals surface area contributed by atoms with Crippen molar-refractivity contribution in [2.45, 2.75) is 0 Å². The summed E-state index contributed by atoms with van der Waals surface area (Å²) in [5, 5.41) is 1.11. The van der Waals surface area contributed by atoms with Gasteiger partial charge in [-0.1, -0.05) is 42.2 Å². The van der Waals surface area contributed by atoms with Crippen molar-refractivity contribution < 1.29 is 0 Å². The molecule has 1 heterocycles. The summed E-state index contributed by atoms with van der Waals surface area (Å²) in [5.74, 6) is 6.31. The molecule has 0 fully saturated rings. The van der Waals surface area contributed by atoms with E-state index in [9.17, 15) is 0 Å². The summed E-state index contributed by atoms with van der Waals surface area (Å²) in [6, 6.07) is 18.0. The van der Waals surface area contributed by atoms with E-state index in [1.165, 1.54) is 0 Å². The molecule has 19 heavy (non-hydrogen) atoms. The Hall–Kier alpha value is -2.11. The van der Waals surface area contributed by atoms with Crippen molar-refractivity contribution in [1.29, 1.82) is 0 Å². The van der Waals surface area contributed by atoms with Crippen molar-refractivity contribution >= 4 is 26.8 Å². The molecule has 1 nitrogen and oxygen atoms in total. The van der Waals surface area contributed by atoms with Gasteiger partial charge in [0.2, 0.25) is 0 Å². The third-order valence-electron chi connectivity index (χ3n) is 2.81. The van der Waals surface area contributed by atoms with Crippen molar-refractivity contribution in [3.8, 4) is 11.8 Å². The summed E-state index contributed by atoms with van der Waals surface area (Å²) in [6.45, 7) is 0. The average Bonchev–Trinajstić information content (AvgIpc) is 2.46. The molecule has 90 valence electrons. The smallest absolute Gasteiger partial charge is 0.0702 e. The maximum absolute atomic E-state index is 4.40. The third-order valence-corrected chi connectivity index (χ3v) is 3.50. The first-order chi connectivity index (χ1) is 9.33. The molecule has 0 aliphatic rings. The van der Waals surface area contributed by atoms with Crippen LogP contribution in [0.2, 0.25) is 0 Å². The van der Waals surface area contributed by atoms with Crippen molar-refractivity contribution in [2.75, 3.05) is 0 Å². The summed E-state index contributed by atoms with van der Waals surface area (Å²) in [4.78, 5) is 4.40. The van der Waals surface area contributed by atoms with E-state index in [-0.39, 0.29) is 0 Å². The maximum Gasteiger partial charge on any atom is 0.0702 e. The highest BCUT2D eigenvalue weighted by atomic mass is 79.9. The number of hydrogen-bond donors (Lipinski definition) is 0. The predicted octanol–water partition coefficient (Wildman–Crippen LogP) is 4.40. The number of para-hydroxylation sites is 1. The first kappa shape index (κ1) is 12.0. The quantitative estimate of drug-likeness (QED) is 0.561. The van der Waals surface area contributed by atoms with E-state index in [0.717, 1.165) is 26.5 Å². The minimum atomic E-state index is 0.925. The number of halogens is 1. The van der Waals surface area contributed by atoms with E-state index >= 15 is 0 Å². The topological polar surface area (TPSA) is 12.9 Å². The molecule has 0 saturated carbocycles. The van der Waals surface area contributed by atoms with E-state index in [4.69, 9.17) is 0 Å². The van der Waals surface area contributed by atoms with Crippen LogP contribution in [0.5, 0.6) is 0 Å². The normalized spacial score (nSPS) is 9.95. The van der Waals surface area contributed by atoms with Gasteiger partial charge in [0.1, 0.15) is 0 Å². The second-order valence-corrected chi connectivity index (χ2v) is 5.00.